The molecule has 2 aromatic carbocycles. The Balaban J connectivity index is 1.46. The molecular weight excluding hydrogens is 365 g/mol. The molecular formula is C18H15F3N2O2S. The maximum Gasteiger partial charge on any atom is 0.573 e. The van der Waals surface area contributed by atoms with Gasteiger partial charge in [-0.2, -0.15) is 0 Å². The average molecular weight is 380 g/mol. The first-order valence-electron chi connectivity index (χ1n) is 7.85. The van der Waals surface area contributed by atoms with Crippen LogP contribution in [0, 0.1) is 0 Å². The maximum atomic E-state index is 12.1. The SMILES string of the molecule is O=C(CCc1nc2ccccc2s1)NCc1ccc(OC(F)(F)F)cc1. The van der Waals surface area contributed by atoms with Gasteiger partial charge in [-0.3, -0.25) is 4.79 Å². The second kappa shape index (κ2) is 7.74. The predicted octanol–water partition coefficient (Wildman–Crippen LogP) is 4.44. The van der Waals surface area contributed by atoms with Crippen molar-refractivity contribution in [1.29, 1.82) is 0 Å². The highest BCUT2D eigenvalue weighted by Crippen LogP contribution is 2.23. The molecule has 0 saturated carbocycles. The van der Waals surface area contributed by atoms with Gasteiger partial charge in [0.15, 0.2) is 0 Å². The van der Waals surface area contributed by atoms with Gasteiger partial charge in [-0.25, -0.2) is 4.98 Å². The van der Waals surface area contributed by atoms with Crippen molar-refractivity contribution in [3.05, 3.63) is 59.1 Å². The summed E-state index contributed by atoms with van der Waals surface area (Å²) in [6.45, 7) is 0.241. The number of nitrogens with zero attached hydrogens (tertiary/aromatic N) is 1. The quantitative estimate of drug-likeness (QED) is 0.688. The van der Waals surface area contributed by atoms with E-state index in [4.69, 9.17) is 0 Å². The van der Waals surface area contributed by atoms with E-state index >= 15 is 0 Å². The van der Waals surface area contributed by atoms with Gasteiger partial charge in [0.05, 0.1) is 15.2 Å². The number of fused-ring (bicyclic) bond motifs is 1. The number of carbonyl (C=O) groups excluding carboxylic acids is 1. The first-order valence-corrected chi connectivity index (χ1v) is 8.66. The Labute approximate surface area is 151 Å². The summed E-state index contributed by atoms with van der Waals surface area (Å²) in [5.41, 5.74) is 1.61. The summed E-state index contributed by atoms with van der Waals surface area (Å²) in [7, 11) is 0. The molecule has 0 saturated heterocycles. The van der Waals surface area contributed by atoms with E-state index in [-0.39, 0.29) is 18.2 Å². The third kappa shape index (κ3) is 5.19. The lowest BCUT2D eigenvalue weighted by Crippen LogP contribution is -2.23. The monoisotopic (exact) mass is 380 g/mol. The first kappa shape index (κ1) is 18.2. The van der Waals surface area contributed by atoms with Gasteiger partial charge < -0.3 is 10.1 Å². The van der Waals surface area contributed by atoms with Crippen molar-refractivity contribution in [3.63, 3.8) is 0 Å². The number of amides is 1. The maximum absolute atomic E-state index is 12.1. The molecule has 26 heavy (non-hydrogen) atoms. The van der Waals surface area contributed by atoms with E-state index in [1.54, 1.807) is 11.3 Å². The lowest BCUT2D eigenvalue weighted by atomic mass is 10.2. The van der Waals surface area contributed by atoms with E-state index in [2.05, 4.69) is 15.0 Å². The summed E-state index contributed by atoms with van der Waals surface area (Å²) >= 11 is 1.56. The van der Waals surface area contributed by atoms with E-state index in [0.717, 1.165) is 15.2 Å². The van der Waals surface area contributed by atoms with Crippen LogP contribution in [-0.2, 0) is 17.8 Å². The van der Waals surface area contributed by atoms with E-state index in [9.17, 15) is 18.0 Å². The topological polar surface area (TPSA) is 51.2 Å². The third-order valence-electron chi connectivity index (χ3n) is 3.55. The minimum atomic E-state index is -4.71. The van der Waals surface area contributed by atoms with Gasteiger partial charge in [-0.05, 0) is 29.8 Å². The zero-order valence-electron chi connectivity index (χ0n) is 13.5. The fourth-order valence-corrected chi connectivity index (χ4v) is 3.31. The van der Waals surface area contributed by atoms with Crippen LogP contribution in [0.15, 0.2) is 48.5 Å². The number of carbonyl (C=O) groups is 1. The summed E-state index contributed by atoms with van der Waals surface area (Å²) in [6.07, 6.45) is -3.87. The second-order valence-corrected chi connectivity index (χ2v) is 6.66. The average Bonchev–Trinajstić information content (AvgIpc) is 3.01. The van der Waals surface area contributed by atoms with Crippen LogP contribution in [0.25, 0.3) is 10.2 Å². The molecule has 0 aliphatic heterocycles. The number of halogens is 3. The van der Waals surface area contributed by atoms with Crippen molar-refractivity contribution < 1.29 is 22.7 Å². The number of rotatable bonds is 6. The lowest BCUT2D eigenvalue weighted by Gasteiger charge is -2.09. The molecule has 0 aliphatic rings. The van der Waals surface area contributed by atoms with Gasteiger partial charge >= 0.3 is 6.36 Å². The molecule has 0 spiro atoms. The van der Waals surface area contributed by atoms with Crippen molar-refractivity contribution in [2.24, 2.45) is 0 Å². The molecule has 4 nitrogen and oxygen atoms in total. The van der Waals surface area contributed by atoms with Crippen LogP contribution in [0.2, 0.25) is 0 Å². The normalized spacial score (nSPS) is 11.5. The third-order valence-corrected chi connectivity index (χ3v) is 4.65. The number of thiazole rings is 1. The second-order valence-electron chi connectivity index (χ2n) is 5.54. The number of ether oxygens (including phenoxy) is 1. The predicted molar refractivity (Wildman–Crippen MR) is 92.9 cm³/mol. The van der Waals surface area contributed by atoms with Crippen molar-refractivity contribution >= 4 is 27.5 Å². The molecule has 0 radical (unpaired) electrons. The van der Waals surface area contributed by atoms with Gasteiger partial charge in [0, 0.05) is 19.4 Å². The largest absolute Gasteiger partial charge is 0.573 e. The molecule has 0 fully saturated rings. The first-order chi connectivity index (χ1) is 12.4. The number of para-hydroxylation sites is 1. The summed E-state index contributed by atoms with van der Waals surface area (Å²) in [5.74, 6) is -0.428. The standard InChI is InChI=1S/C18H15F3N2O2S/c19-18(20,21)25-13-7-5-12(6-8-13)11-22-16(24)9-10-17-23-14-3-1-2-4-15(14)26-17/h1-8H,9-11H2,(H,22,24). The molecule has 0 unspecified atom stereocenters. The molecule has 0 aliphatic carbocycles. The highest BCUT2D eigenvalue weighted by atomic mass is 32.1. The Morgan fingerprint density at radius 3 is 2.54 bits per heavy atom. The Hall–Kier alpha value is -2.61. The number of hydrogen-bond donors (Lipinski definition) is 1. The van der Waals surface area contributed by atoms with Gasteiger partial charge in [0.2, 0.25) is 5.91 Å². The van der Waals surface area contributed by atoms with Crippen LogP contribution < -0.4 is 10.1 Å². The van der Waals surface area contributed by atoms with Gasteiger partial charge in [0.1, 0.15) is 5.75 Å². The Morgan fingerprint density at radius 1 is 1.12 bits per heavy atom. The number of aryl methyl sites for hydroxylation is 1. The van der Waals surface area contributed by atoms with E-state index < -0.39 is 6.36 Å². The number of benzene rings is 2. The van der Waals surface area contributed by atoms with Gasteiger partial charge in [0.25, 0.3) is 0 Å². The van der Waals surface area contributed by atoms with Gasteiger partial charge in [-0.1, -0.05) is 24.3 Å². The van der Waals surface area contributed by atoms with Crippen LogP contribution in [0.5, 0.6) is 5.75 Å². The Morgan fingerprint density at radius 2 is 1.85 bits per heavy atom. The minimum Gasteiger partial charge on any atom is -0.406 e. The molecule has 1 aromatic heterocycles. The van der Waals surface area contributed by atoms with Crippen LogP contribution in [0.4, 0.5) is 13.2 Å². The minimum absolute atomic E-state index is 0.139. The van der Waals surface area contributed by atoms with Crippen LogP contribution in [-0.4, -0.2) is 17.3 Å². The van der Waals surface area contributed by atoms with Crippen molar-refractivity contribution in [2.45, 2.75) is 25.7 Å². The van der Waals surface area contributed by atoms with Crippen LogP contribution in [0.3, 0.4) is 0 Å². The zero-order valence-corrected chi connectivity index (χ0v) is 14.4. The van der Waals surface area contributed by atoms with E-state index in [1.807, 2.05) is 24.3 Å². The number of nitrogens with one attached hydrogen (secondary N) is 1. The molecule has 136 valence electrons. The highest BCUT2D eigenvalue weighted by molar-refractivity contribution is 7.18. The molecule has 8 heteroatoms. The van der Waals surface area contributed by atoms with Crippen molar-refractivity contribution in [3.8, 4) is 5.75 Å². The molecule has 3 aromatic rings. The summed E-state index contributed by atoms with van der Waals surface area (Å²) < 4.78 is 41.2. The number of hydrogen-bond acceptors (Lipinski definition) is 4. The fraction of sp³-hybridized carbons (Fsp3) is 0.222. The molecule has 1 amide bonds. The van der Waals surface area contributed by atoms with Crippen molar-refractivity contribution in [2.75, 3.05) is 0 Å². The van der Waals surface area contributed by atoms with E-state index in [0.29, 0.717) is 18.4 Å². The van der Waals surface area contributed by atoms with Crippen molar-refractivity contribution in [1.82, 2.24) is 10.3 Å². The Bertz CT molecular complexity index is 858. The molecule has 1 N–H and O–H groups in total. The molecule has 0 atom stereocenters. The highest BCUT2D eigenvalue weighted by Gasteiger charge is 2.30. The smallest absolute Gasteiger partial charge is 0.406 e. The number of alkyl halides is 3. The zero-order chi connectivity index (χ0) is 18.6. The molecule has 1 heterocycles. The fourth-order valence-electron chi connectivity index (χ4n) is 2.35. The molecule has 0 bridgehead atoms. The van der Waals surface area contributed by atoms with Crippen LogP contribution >= 0.6 is 11.3 Å². The summed E-state index contributed by atoms with van der Waals surface area (Å²) in [6, 6.07) is 13.2. The van der Waals surface area contributed by atoms with Crippen LogP contribution in [0.1, 0.15) is 17.0 Å². The molecule has 3 rings (SSSR count). The van der Waals surface area contributed by atoms with Gasteiger partial charge in [-0.15, -0.1) is 24.5 Å². The van der Waals surface area contributed by atoms with E-state index in [1.165, 1.54) is 24.3 Å². The lowest BCUT2D eigenvalue weighted by molar-refractivity contribution is -0.274. The summed E-state index contributed by atoms with van der Waals surface area (Å²) in [5, 5.41) is 3.64. The Kier molecular flexibility index (Phi) is 5.41. The summed E-state index contributed by atoms with van der Waals surface area (Å²) in [4.78, 5) is 16.4. The number of aromatic nitrogens is 1.